The number of rotatable bonds is 4. The predicted molar refractivity (Wildman–Crippen MR) is 52.2 cm³/mol. The largest absolute Gasteiger partial charge is 0.375 e. The van der Waals surface area contributed by atoms with E-state index in [1.165, 1.54) is 18.4 Å². The molecule has 13 heavy (non-hydrogen) atoms. The van der Waals surface area contributed by atoms with Gasteiger partial charge in [-0.1, -0.05) is 0 Å². The van der Waals surface area contributed by atoms with Crippen LogP contribution in [-0.2, 0) is 15.4 Å². The molecule has 0 aliphatic heterocycles. The standard InChI is InChI=1S/C7H9ClN2O2S/c1-12-3-6(11)10-7-9-5(2-8)4-13-7/h4H,2-3H2,1H3,(H,9,10,11). The van der Waals surface area contributed by atoms with Crippen LogP contribution in [0.1, 0.15) is 5.69 Å². The Labute approximate surface area is 84.9 Å². The highest BCUT2D eigenvalue weighted by molar-refractivity contribution is 7.13. The molecule has 0 unspecified atom stereocenters. The summed E-state index contributed by atoms with van der Waals surface area (Å²) in [7, 11) is 1.46. The molecule has 0 radical (unpaired) electrons. The van der Waals surface area contributed by atoms with E-state index in [4.69, 9.17) is 11.6 Å². The first-order valence-electron chi connectivity index (χ1n) is 3.55. The van der Waals surface area contributed by atoms with Gasteiger partial charge in [0.1, 0.15) is 6.61 Å². The molecule has 0 atom stereocenters. The first-order chi connectivity index (χ1) is 6.26. The Bertz CT molecular complexity index is 290. The molecule has 0 aliphatic rings. The molecule has 1 aromatic rings. The summed E-state index contributed by atoms with van der Waals surface area (Å²) >= 11 is 6.89. The molecule has 0 saturated heterocycles. The van der Waals surface area contributed by atoms with Gasteiger partial charge in [-0.15, -0.1) is 22.9 Å². The van der Waals surface area contributed by atoms with Crippen LogP contribution in [0.2, 0.25) is 0 Å². The number of anilines is 1. The molecule has 0 spiro atoms. The second-order valence-electron chi connectivity index (χ2n) is 2.26. The summed E-state index contributed by atoms with van der Waals surface area (Å²) in [5.41, 5.74) is 0.763. The lowest BCUT2D eigenvalue weighted by molar-refractivity contribution is -0.119. The Kier molecular flexibility index (Phi) is 4.14. The van der Waals surface area contributed by atoms with E-state index >= 15 is 0 Å². The highest BCUT2D eigenvalue weighted by atomic mass is 35.5. The minimum Gasteiger partial charge on any atom is -0.375 e. The van der Waals surface area contributed by atoms with Crippen LogP contribution in [0.4, 0.5) is 5.13 Å². The van der Waals surface area contributed by atoms with Gasteiger partial charge < -0.3 is 4.74 Å². The number of carbonyl (C=O) groups is 1. The fraction of sp³-hybridized carbons (Fsp3) is 0.429. The maximum Gasteiger partial charge on any atom is 0.252 e. The first kappa shape index (κ1) is 10.4. The topological polar surface area (TPSA) is 51.2 Å². The highest BCUT2D eigenvalue weighted by Gasteiger charge is 2.04. The SMILES string of the molecule is COCC(=O)Nc1nc(CCl)cs1. The zero-order valence-electron chi connectivity index (χ0n) is 7.04. The number of nitrogens with zero attached hydrogens (tertiary/aromatic N) is 1. The number of carbonyl (C=O) groups excluding carboxylic acids is 1. The third kappa shape index (κ3) is 3.30. The van der Waals surface area contributed by atoms with Gasteiger partial charge in [-0.25, -0.2) is 4.98 Å². The quantitative estimate of drug-likeness (QED) is 0.782. The van der Waals surface area contributed by atoms with E-state index < -0.39 is 0 Å². The Morgan fingerprint density at radius 2 is 2.62 bits per heavy atom. The lowest BCUT2D eigenvalue weighted by atomic mass is 10.6. The molecule has 0 fully saturated rings. The van der Waals surface area contributed by atoms with E-state index in [0.717, 1.165) is 5.69 Å². The van der Waals surface area contributed by atoms with E-state index in [-0.39, 0.29) is 12.5 Å². The van der Waals surface area contributed by atoms with Crippen molar-refractivity contribution in [3.05, 3.63) is 11.1 Å². The van der Waals surface area contributed by atoms with Crippen molar-refractivity contribution in [1.29, 1.82) is 0 Å². The minimum absolute atomic E-state index is 0.0375. The molecule has 1 rings (SSSR count). The predicted octanol–water partition coefficient (Wildman–Crippen LogP) is 1.47. The van der Waals surface area contributed by atoms with Crippen LogP contribution in [0.25, 0.3) is 0 Å². The maximum absolute atomic E-state index is 11.0. The van der Waals surface area contributed by atoms with Gasteiger partial charge in [0.15, 0.2) is 5.13 Å². The molecule has 0 aromatic carbocycles. The van der Waals surface area contributed by atoms with Crippen molar-refractivity contribution in [2.45, 2.75) is 5.88 Å². The number of alkyl halides is 1. The number of hydrogen-bond donors (Lipinski definition) is 1. The van der Waals surface area contributed by atoms with Gasteiger partial charge in [0.05, 0.1) is 11.6 Å². The van der Waals surface area contributed by atoms with Crippen LogP contribution in [0.15, 0.2) is 5.38 Å². The normalized spacial score (nSPS) is 10.0. The lowest BCUT2D eigenvalue weighted by Crippen LogP contribution is -2.16. The van der Waals surface area contributed by atoms with E-state index in [0.29, 0.717) is 11.0 Å². The van der Waals surface area contributed by atoms with E-state index in [1.54, 1.807) is 5.38 Å². The Hall–Kier alpha value is -0.650. The van der Waals surface area contributed by atoms with Crippen molar-refractivity contribution in [3.8, 4) is 0 Å². The molecule has 1 heterocycles. The number of methoxy groups -OCH3 is 1. The zero-order chi connectivity index (χ0) is 9.68. The van der Waals surface area contributed by atoms with Crippen molar-refractivity contribution in [3.63, 3.8) is 0 Å². The summed E-state index contributed by atoms with van der Waals surface area (Å²) in [5, 5.41) is 4.94. The van der Waals surface area contributed by atoms with Gasteiger partial charge >= 0.3 is 0 Å². The number of hydrogen-bond acceptors (Lipinski definition) is 4. The van der Waals surface area contributed by atoms with E-state index in [9.17, 15) is 4.79 Å². The molecule has 1 N–H and O–H groups in total. The van der Waals surface area contributed by atoms with Crippen LogP contribution in [0, 0.1) is 0 Å². The highest BCUT2D eigenvalue weighted by Crippen LogP contribution is 2.16. The van der Waals surface area contributed by atoms with Crippen molar-refractivity contribution in [2.75, 3.05) is 19.0 Å². The molecule has 0 bridgehead atoms. The first-order valence-corrected chi connectivity index (χ1v) is 4.97. The van der Waals surface area contributed by atoms with Gasteiger partial charge in [-0.2, -0.15) is 0 Å². The van der Waals surface area contributed by atoms with Crippen molar-refractivity contribution in [2.24, 2.45) is 0 Å². The monoisotopic (exact) mass is 220 g/mol. The van der Waals surface area contributed by atoms with E-state index in [1.807, 2.05) is 0 Å². The number of thiazole rings is 1. The summed E-state index contributed by atoms with van der Waals surface area (Å²) < 4.78 is 4.65. The summed E-state index contributed by atoms with van der Waals surface area (Å²) in [5.74, 6) is 0.148. The van der Waals surface area contributed by atoms with Crippen LogP contribution in [0.3, 0.4) is 0 Å². The number of aromatic nitrogens is 1. The minimum atomic E-state index is -0.210. The van der Waals surface area contributed by atoms with Crippen LogP contribution in [-0.4, -0.2) is 24.6 Å². The Morgan fingerprint density at radius 3 is 3.15 bits per heavy atom. The van der Waals surface area contributed by atoms with Crippen molar-refractivity contribution in [1.82, 2.24) is 4.98 Å². The lowest BCUT2D eigenvalue weighted by Gasteiger charge is -1.98. The number of ether oxygens (including phenoxy) is 1. The number of amides is 1. The van der Waals surface area contributed by atoms with Gasteiger partial charge in [0.25, 0.3) is 5.91 Å². The third-order valence-electron chi connectivity index (χ3n) is 1.21. The maximum atomic E-state index is 11.0. The number of halogens is 1. The van der Waals surface area contributed by atoms with Crippen LogP contribution >= 0.6 is 22.9 Å². The average molecular weight is 221 g/mol. The molecule has 4 nitrogen and oxygen atoms in total. The molecule has 1 aromatic heterocycles. The van der Waals surface area contributed by atoms with Crippen molar-refractivity contribution >= 4 is 34.0 Å². The summed E-state index contributed by atoms with van der Waals surface area (Å²) in [6, 6.07) is 0. The fourth-order valence-electron chi connectivity index (χ4n) is 0.712. The summed E-state index contributed by atoms with van der Waals surface area (Å²) in [6.07, 6.45) is 0. The van der Waals surface area contributed by atoms with Gasteiger partial charge in [-0.3, -0.25) is 10.1 Å². The molecule has 6 heteroatoms. The molecular weight excluding hydrogens is 212 g/mol. The molecule has 1 amide bonds. The van der Waals surface area contributed by atoms with Gasteiger partial charge in [0, 0.05) is 12.5 Å². The third-order valence-corrected chi connectivity index (χ3v) is 2.29. The van der Waals surface area contributed by atoms with Gasteiger partial charge in [-0.05, 0) is 0 Å². The van der Waals surface area contributed by atoms with Crippen molar-refractivity contribution < 1.29 is 9.53 Å². The van der Waals surface area contributed by atoms with E-state index in [2.05, 4.69) is 15.0 Å². The average Bonchev–Trinajstić information content (AvgIpc) is 2.52. The van der Waals surface area contributed by atoms with Crippen LogP contribution in [0.5, 0.6) is 0 Å². The molecule has 0 aliphatic carbocycles. The van der Waals surface area contributed by atoms with Crippen LogP contribution < -0.4 is 5.32 Å². The van der Waals surface area contributed by atoms with Gasteiger partial charge in [0.2, 0.25) is 0 Å². The molecule has 72 valence electrons. The zero-order valence-corrected chi connectivity index (χ0v) is 8.61. The Balaban J connectivity index is 2.49. The summed E-state index contributed by atoms with van der Waals surface area (Å²) in [4.78, 5) is 15.1. The number of nitrogens with one attached hydrogen (secondary N) is 1. The summed E-state index contributed by atoms with van der Waals surface area (Å²) in [6.45, 7) is 0.0375. The second-order valence-corrected chi connectivity index (χ2v) is 3.38. The smallest absolute Gasteiger partial charge is 0.252 e. The fourth-order valence-corrected chi connectivity index (χ4v) is 1.67. The molecule has 0 saturated carbocycles. The second kappa shape index (κ2) is 5.16. The Morgan fingerprint density at radius 1 is 1.85 bits per heavy atom. The molecular formula is C7H9ClN2O2S.